The Bertz CT molecular complexity index is 371. The average Bonchev–Trinajstić information content (AvgIpc) is 2.13. The molecule has 0 aromatic heterocycles. The van der Waals surface area contributed by atoms with Gasteiger partial charge in [-0.05, 0) is 60.9 Å². The van der Waals surface area contributed by atoms with E-state index in [2.05, 4.69) is 70.5 Å². The first-order chi connectivity index (χ1) is 7.16. The Balaban J connectivity index is 3.44. The molecule has 0 radical (unpaired) electrons. The van der Waals surface area contributed by atoms with Gasteiger partial charge in [-0.1, -0.05) is 42.8 Å². The second-order valence-electron chi connectivity index (χ2n) is 5.90. The molecule has 90 valence electrons. The van der Waals surface area contributed by atoms with E-state index in [1.807, 2.05) is 0 Å². The molecule has 0 heterocycles. The standard InChI is InChI=1S/C15H23Br/c1-9-8-10(2)12(4)13(11(9)3)14(16)15(5,6)7/h8,14H,1-7H3. The van der Waals surface area contributed by atoms with E-state index in [1.165, 1.54) is 27.8 Å². The molecule has 0 nitrogen and oxygen atoms in total. The van der Waals surface area contributed by atoms with Crippen molar-refractivity contribution in [3.63, 3.8) is 0 Å². The fourth-order valence-corrected chi connectivity index (χ4v) is 2.75. The van der Waals surface area contributed by atoms with Gasteiger partial charge in [0, 0.05) is 4.83 Å². The second-order valence-corrected chi connectivity index (χ2v) is 6.82. The second kappa shape index (κ2) is 4.52. The van der Waals surface area contributed by atoms with Crippen LogP contribution in [0.1, 0.15) is 53.4 Å². The molecular weight excluding hydrogens is 260 g/mol. The molecule has 16 heavy (non-hydrogen) atoms. The summed E-state index contributed by atoms with van der Waals surface area (Å²) in [4.78, 5) is 0.415. The summed E-state index contributed by atoms with van der Waals surface area (Å²) >= 11 is 3.88. The Morgan fingerprint density at radius 1 is 0.938 bits per heavy atom. The first kappa shape index (κ1) is 13.8. The van der Waals surface area contributed by atoms with Crippen molar-refractivity contribution in [2.75, 3.05) is 0 Å². The molecule has 1 unspecified atom stereocenters. The van der Waals surface area contributed by atoms with Crippen LogP contribution in [0.5, 0.6) is 0 Å². The SMILES string of the molecule is Cc1cc(C)c(C)c(C(Br)C(C)(C)C)c1C. The fourth-order valence-electron chi connectivity index (χ4n) is 2.06. The zero-order chi connectivity index (χ0) is 12.7. The highest BCUT2D eigenvalue weighted by atomic mass is 79.9. The monoisotopic (exact) mass is 282 g/mol. The van der Waals surface area contributed by atoms with Crippen molar-refractivity contribution in [2.24, 2.45) is 5.41 Å². The van der Waals surface area contributed by atoms with Crippen molar-refractivity contribution < 1.29 is 0 Å². The zero-order valence-electron chi connectivity index (χ0n) is 11.5. The van der Waals surface area contributed by atoms with Crippen LogP contribution in [-0.2, 0) is 0 Å². The molecule has 0 spiro atoms. The van der Waals surface area contributed by atoms with Crippen molar-refractivity contribution in [1.29, 1.82) is 0 Å². The van der Waals surface area contributed by atoms with Crippen LogP contribution in [0.4, 0.5) is 0 Å². The maximum Gasteiger partial charge on any atom is 0.0449 e. The van der Waals surface area contributed by atoms with Crippen LogP contribution < -0.4 is 0 Å². The minimum absolute atomic E-state index is 0.246. The minimum Gasteiger partial charge on any atom is -0.0833 e. The quantitative estimate of drug-likeness (QED) is 0.605. The first-order valence-corrected chi connectivity index (χ1v) is 6.79. The molecule has 1 aromatic rings. The van der Waals surface area contributed by atoms with Crippen molar-refractivity contribution >= 4 is 15.9 Å². The molecule has 1 heteroatoms. The molecule has 0 amide bonds. The Labute approximate surface area is 109 Å². The lowest BCUT2D eigenvalue weighted by atomic mass is 9.82. The van der Waals surface area contributed by atoms with Gasteiger partial charge in [-0.2, -0.15) is 0 Å². The van der Waals surface area contributed by atoms with E-state index >= 15 is 0 Å². The summed E-state index contributed by atoms with van der Waals surface area (Å²) in [5.74, 6) is 0. The van der Waals surface area contributed by atoms with Gasteiger partial charge in [0.1, 0.15) is 0 Å². The Hall–Kier alpha value is -0.300. The molecule has 0 aliphatic heterocycles. The van der Waals surface area contributed by atoms with E-state index in [4.69, 9.17) is 0 Å². The summed E-state index contributed by atoms with van der Waals surface area (Å²) in [7, 11) is 0. The highest BCUT2D eigenvalue weighted by Crippen LogP contribution is 2.43. The Kier molecular flexibility index (Phi) is 3.89. The van der Waals surface area contributed by atoms with Gasteiger partial charge in [0.15, 0.2) is 0 Å². The molecule has 0 N–H and O–H groups in total. The molecule has 0 aliphatic carbocycles. The van der Waals surface area contributed by atoms with E-state index < -0.39 is 0 Å². The predicted molar refractivity (Wildman–Crippen MR) is 76.5 cm³/mol. The van der Waals surface area contributed by atoms with Crippen LogP contribution in [0, 0.1) is 33.1 Å². The Morgan fingerprint density at radius 3 is 1.62 bits per heavy atom. The van der Waals surface area contributed by atoms with Crippen molar-refractivity contribution in [1.82, 2.24) is 0 Å². The summed E-state index contributed by atoms with van der Waals surface area (Å²) in [5.41, 5.74) is 7.37. The molecule has 1 rings (SSSR count). The van der Waals surface area contributed by atoms with E-state index in [1.54, 1.807) is 0 Å². The van der Waals surface area contributed by atoms with Crippen molar-refractivity contribution in [2.45, 2.75) is 53.3 Å². The predicted octanol–water partition coefficient (Wildman–Crippen LogP) is 5.40. The summed E-state index contributed by atoms with van der Waals surface area (Å²) < 4.78 is 0. The number of aryl methyl sites for hydroxylation is 2. The summed E-state index contributed by atoms with van der Waals surface area (Å²) in [6.07, 6.45) is 0. The zero-order valence-corrected chi connectivity index (χ0v) is 13.1. The van der Waals surface area contributed by atoms with Crippen LogP contribution in [0.15, 0.2) is 6.07 Å². The van der Waals surface area contributed by atoms with E-state index in [0.29, 0.717) is 4.83 Å². The molecule has 0 saturated carbocycles. The number of hydrogen-bond donors (Lipinski definition) is 0. The lowest BCUT2D eigenvalue weighted by molar-refractivity contribution is 0.405. The molecule has 0 bridgehead atoms. The lowest BCUT2D eigenvalue weighted by Gasteiger charge is -2.30. The van der Waals surface area contributed by atoms with Gasteiger partial charge in [-0.25, -0.2) is 0 Å². The van der Waals surface area contributed by atoms with Crippen LogP contribution in [0.2, 0.25) is 0 Å². The number of benzene rings is 1. The van der Waals surface area contributed by atoms with E-state index in [0.717, 1.165) is 0 Å². The topological polar surface area (TPSA) is 0 Å². The maximum atomic E-state index is 3.88. The molecule has 0 fully saturated rings. The largest absolute Gasteiger partial charge is 0.0833 e. The molecule has 0 aliphatic rings. The third-order valence-corrected chi connectivity index (χ3v) is 5.27. The van der Waals surface area contributed by atoms with Gasteiger partial charge in [0.2, 0.25) is 0 Å². The van der Waals surface area contributed by atoms with Crippen LogP contribution in [-0.4, -0.2) is 0 Å². The van der Waals surface area contributed by atoms with Crippen molar-refractivity contribution in [3.05, 3.63) is 33.9 Å². The molecule has 1 atom stereocenters. The van der Waals surface area contributed by atoms with Gasteiger partial charge in [-0.3, -0.25) is 0 Å². The van der Waals surface area contributed by atoms with Crippen LogP contribution >= 0.6 is 15.9 Å². The van der Waals surface area contributed by atoms with Gasteiger partial charge >= 0.3 is 0 Å². The molecule has 1 aromatic carbocycles. The third kappa shape index (κ3) is 2.51. The number of hydrogen-bond acceptors (Lipinski definition) is 0. The smallest absolute Gasteiger partial charge is 0.0449 e. The highest BCUT2D eigenvalue weighted by Gasteiger charge is 2.27. The number of alkyl halides is 1. The van der Waals surface area contributed by atoms with Crippen LogP contribution in [0.3, 0.4) is 0 Å². The molecule has 0 saturated heterocycles. The van der Waals surface area contributed by atoms with Gasteiger partial charge < -0.3 is 0 Å². The highest BCUT2D eigenvalue weighted by molar-refractivity contribution is 9.09. The lowest BCUT2D eigenvalue weighted by Crippen LogP contribution is -2.16. The fraction of sp³-hybridized carbons (Fsp3) is 0.600. The van der Waals surface area contributed by atoms with Gasteiger partial charge in [0.25, 0.3) is 0 Å². The van der Waals surface area contributed by atoms with E-state index in [-0.39, 0.29) is 5.41 Å². The maximum absolute atomic E-state index is 3.88. The summed E-state index contributed by atoms with van der Waals surface area (Å²) in [6, 6.07) is 2.29. The summed E-state index contributed by atoms with van der Waals surface area (Å²) in [6.45, 7) is 15.7. The number of rotatable bonds is 1. The molecular formula is C15H23Br. The van der Waals surface area contributed by atoms with Crippen LogP contribution in [0.25, 0.3) is 0 Å². The normalized spacial score (nSPS) is 14.0. The van der Waals surface area contributed by atoms with E-state index in [9.17, 15) is 0 Å². The van der Waals surface area contributed by atoms with Gasteiger partial charge in [-0.15, -0.1) is 0 Å². The first-order valence-electron chi connectivity index (χ1n) is 5.87. The summed E-state index contributed by atoms with van der Waals surface area (Å²) in [5, 5.41) is 0. The third-order valence-electron chi connectivity index (χ3n) is 3.44. The Morgan fingerprint density at radius 2 is 1.31 bits per heavy atom. The number of halogens is 1. The van der Waals surface area contributed by atoms with Crippen molar-refractivity contribution in [3.8, 4) is 0 Å². The van der Waals surface area contributed by atoms with Gasteiger partial charge in [0.05, 0.1) is 0 Å². The average molecular weight is 283 g/mol. The minimum atomic E-state index is 0.246.